The average molecular weight is 427 g/mol. The van der Waals surface area contributed by atoms with Crippen molar-refractivity contribution in [2.24, 2.45) is 0 Å². The second-order valence-electron chi connectivity index (χ2n) is 3.70. The van der Waals surface area contributed by atoms with Gasteiger partial charge in [0.1, 0.15) is 5.82 Å². The van der Waals surface area contributed by atoms with E-state index in [4.69, 9.17) is 23.2 Å². The summed E-state index contributed by atoms with van der Waals surface area (Å²) in [4.78, 5) is 12.2. The van der Waals surface area contributed by atoms with Gasteiger partial charge in [-0.1, -0.05) is 23.2 Å². The normalized spacial score (nSPS) is 10.6. The first-order valence-electron chi connectivity index (χ1n) is 5.04. The number of carbonyl (C=O) groups excluding carboxylic acids is 1. The molecular formula is C13H5Br2Cl2FO. The van der Waals surface area contributed by atoms with Gasteiger partial charge in [-0.2, -0.15) is 0 Å². The number of carbonyl (C=O) groups is 1. The molecule has 19 heavy (non-hydrogen) atoms. The van der Waals surface area contributed by atoms with E-state index in [1.165, 1.54) is 18.2 Å². The Balaban J connectivity index is 2.49. The summed E-state index contributed by atoms with van der Waals surface area (Å²) in [6.45, 7) is 0. The molecule has 0 aliphatic rings. The highest BCUT2D eigenvalue weighted by Crippen LogP contribution is 2.29. The van der Waals surface area contributed by atoms with Gasteiger partial charge in [-0.3, -0.25) is 4.79 Å². The molecule has 0 fully saturated rings. The van der Waals surface area contributed by atoms with Gasteiger partial charge in [0.15, 0.2) is 5.78 Å². The smallest absolute Gasteiger partial charge is 0.196 e. The van der Waals surface area contributed by atoms with Crippen molar-refractivity contribution in [2.45, 2.75) is 0 Å². The van der Waals surface area contributed by atoms with E-state index in [1.54, 1.807) is 12.1 Å². The van der Waals surface area contributed by atoms with Gasteiger partial charge in [-0.25, -0.2) is 4.39 Å². The van der Waals surface area contributed by atoms with Crippen LogP contribution >= 0.6 is 55.1 Å². The lowest BCUT2D eigenvalue weighted by molar-refractivity contribution is 0.103. The molecule has 0 saturated heterocycles. The molecule has 0 unspecified atom stereocenters. The average Bonchev–Trinajstić information content (AvgIpc) is 2.36. The van der Waals surface area contributed by atoms with Crippen LogP contribution in [0.3, 0.4) is 0 Å². The van der Waals surface area contributed by atoms with Crippen molar-refractivity contribution < 1.29 is 9.18 Å². The maximum Gasteiger partial charge on any atom is 0.196 e. The van der Waals surface area contributed by atoms with E-state index < -0.39 is 11.6 Å². The highest BCUT2D eigenvalue weighted by atomic mass is 79.9. The number of hydrogen-bond donors (Lipinski definition) is 0. The summed E-state index contributed by atoms with van der Waals surface area (Å²) in [6.07, 6.45) is 0. The highest BCUT2D eigenvalue weighted by molar-refractivity contribution is 9.10. The second-order valence-corrected chi connectivity index (χ2v) is 6.23. The molecule has 2 aromatic carbocycles. The van der Waals surface area contributed by atoms with Crippen LogP contribution < -0.4 is 0 Å². The van der Waals surface area contributed by atoms with Gasteiger partial charge < -0.3 is 0 Å². The van der Waals surface area contributed by atoms with Gasteiger partial charge in [0.05, 0.1) is 15.6 Å². The lowest BCUT2D eigenvalue weighted by atomic mass is 10.0. The van der Waals surface area contributed by atoms with Crippen molar-refractivity contribution in [1.82, 2.24) is 0 Å². The molecule has 0 atom stereocenters. The van der Waals surface area contributed by atoms with Crippen molar-refractivity contribution in [1.29, 1.82) is 0 Å². The Morgan fingerprint density at radius 2 is 1.63 bits per heavy atom. The maximum absolute atomic E-state index is 13.8. The summed E-state index contributed by atoms with van der Waals surface area (Å²) < 4.78 is 14.8. The fourth-order valence-electron chi connectivity index (χ4n) is 1.49. The van der Waals surface area contributed by atoms with E-state index >= 15 is 0 Å². The molecule has 2 rings (SSSR count). The predicted molar refractivity (Wildman–Crippen MR) is 81.7 cm³/mol. The van der Waals surface area contributed by atoms with E-state index in [0.717, 1.165) is 0 Å². The Kier molecular flexibility index (Phi) is 4.66. The second kappa shape index (κ2) is 5.92. The third kappa shape index (κ3) is 3.19. The van der Waals surface area contributed by atoms with Gasteiger partial charge in [-0.15, -0.1) is 0 Å². The van der Waals surface area contributed by atoms with E-state index in [2.05, 4.69) is 31.9 Å². The summed E-state index contributed by atoms with van der Waals surface area (Å²) in [5, 5.41) is 0.753. The van der Waals surface area contributed by atoms with Gasteiger partial charge in [0, 0.05) is 14.5 Å². The van der Waals surface area contributed by atoms with E-state index in [-0.39, 0.29) is 10.6 Å². The molecule has 0 aliphatic heterocycles. The van der Waals surface area contributed by atoms with Gasteiger partial charge >= 0.3 is 0 Å². The maximum atomic E-state index is 13.8. The number of ketones is 1. The zero-order valence-electron chi connectivity index (χ0n) is 9.18. The topological polar surface area (TPSA) is 17.1 Å². The number of benzene rings is 2. The third-order valence-corrected chi connectivity index (χ3v) is 4.85. The van der Waals surface area contributed by atoms with Crippen LogP contribution in [0.2, 0.25) is 10.0 Å². The van der Waals surface area contributed by atoms with Crippen LogP contribution in [0.15, 0.2) is 39.3 Å². The third-order valence-electron chi connectivity index (χ3n) is 2.44. The van der Waals surface area contributed by atoms with Gasteiger partial charge in [0.25, 0.3) is 0 Å². The predicted octanol–water partition coefficient (Wildman–Crippen LogP) is 5.89. The minimum atomic E-state index is -0.632. The fourth-order valence-corrected chi connectivity index (χ4v) is 2.46. The first-order valence-corrected chi connectivity index (χ1v) is 7.38. The molecule has 0 bridgehead atoms. The van der Waals surface area contributed by atoms with Crippen LogP contribution in [0.4, 0.5) is 4.39 Å². The lowest BCUT2D eigenvalue weighted by Gasteiger charge is -2.06. The first-order chi connectivity index (χ1) is 8.90. The molecule has 0 heterocycles. The Bertz CT molecular complexity index is 674. The van der Waals surface area contributed by atoms with Crippen LogP contribution in [0.1, 0.15) is 15.9 Å². The summed E-state index contributed by atoms with van der Waals surface area (Å²) >= 11 is 18.0. The lowest BCUT2D eigenvalue weighted by Crippen LogP contribution is -2.04. The summed E-state index contributed by atoms with van der Waals surface area (Å²) in [6, 6.07) is 7.11. The largest absolute Gasteiger partial charge is 0.288 e. The Labute approximate surface area is 136 Å². The molecule has 0 saturated carbocycles. The van der Waals surface area contributed by atoms with Crippen molar-refractivity contribution >= 4 is 60.8 Å². The van der Waals surface area contributed by atoms with Crippen molar-refractivity contribution in [3.63, 3.8) is 0 Å². The molecule has 2 aromatic rings. The molecule has 0 amide bonds. The minimum absolute atomic E-state index is 0.0811. The van der Waals surface area contributed by atoms with Crippen LogP contribution in [0.5, 0.6) is 0 Å². The Morgan fingerprint density at radius 3 is 2.26 bits per heavy atom. The summed E-state index contributed by atoms with van der Waals surface area (Å²) in [5.41, 5.74) is 0.246. The van der Waals surface area contributed by atoms with Gasteiger partial charge in [0.2, 0.25) is 0 Å². The molecule has 0 N–H and O–H groups in total. The quantitative estimate of drug-likeness (QED) is 0.432. The van der Waals surface area contributed by atoms with Crippen molar-refractivity contribution in [3.05, 3.63) is 66.3 Å². The molecule has 0 radical (unpaired) electrons. The SMILES string of the molecule is O=C(c1ccc(Cl)c(Br)c1)c1cc(Cl)c(Br)cc1F. The summed E-state index contributed by atoms with van der Waals surface area (Å²) in [5.74, 6) is -1.09. The molecule has 1 nitrogen and oxygen atoms in total. The van der Waals surface area contributed by atoms with Gasteiger partial charge in [-0.05, 0) is 62.2 Å². The fraction of sp³-hybridized carbons (Fsp3) is 0. The molecule has 98 valence electrons. The molecule has 0 aliphatic carbocycles. The van der Waals surface area contributed by atoms with Crippen molar-refractivity contribution in [2.75, 3.05) is 0 Å². The van der Waals surface area contributed by atoms with Crippen LogP contribution in [-0.2, 0) is 0 Å². The van der Waals surface area contributed by atoms with Crippen molar-refractivity contribution in [3.8, 4) is 0 Å². The number of halogens is 5. The highest BCUT2D eigenvalue weighted by Gasteiger charge is 2.17. The zero-order valence-corrected chi connectivity index (χ0v) is 13.9. The van der Waals surface area contributed by atoms with Crippen LogP contribution in [0.25, 0.3) is 0 Å². The Morgan fingerprint density at radius 1 is 1.00 bits per heavy atom. The summed E-state index contributed by atoms with van der Waals surface area (Å²) in [7, 11) is 0. The molecule has 0 aromatic heterocycles. The first kappa shape index (κ1) is 15.0. The Hall–Kier alpha value is -0.420. The van der Waals surface area contributed by atoms with E-state index in [0.29, 0.717) is 19.5 Å². The zero-order chi connectivity index (χ0) is 14.2. The molecule has 0 spiro atoms. The molecular weight excluding hydrogens is 422 g/mol. The molecule has 6 heteroatoms. The monoisotopic (exact) mass is 424 g/mol. The minimum Gasteiger partial charge on any atom is -0.288 e. The number of hydrogen-bond acceptors (Lipinski definition) is 1. The van der Waals surface area contributed by atoms with E-state index in [1.807, 2.05) is 0 Å². The van der Waals surface area contributed by atoms with Crippen LogP contribution in [-0.4, -0.2) is 5.78 Å². The number of rotatable bonds is 2. The van der Waals surface area contributed by atoms with Crippen LogP contribution in [0, 0.1) is 5.82 Å². The van der Waals surface area contributed by atoms with E-state index in [9.17, 15) is 9.18 Å². The standard InChI is InChI=1S/C13H5Br2Cl2FO/c14-8-3-6(1-2-10(8)16)13(19)7-4-11(17)9(15)5-12(7)18/h1-5H.